The van der Waals surface area contributed by atoms with Gasteiger partial charge in [0.25, 0.3) is 0 Å². The molecule has 0 N–H and O–H groups in total. The molecule has 0 radical (unpaired) electrons. The van der Waals surface area contributed by atoms with E-state index in [1.165, 1.54) is 23.1 Å². The number of fused-ring (bicyclic) bond motifs is 2. The molecule has 1 aromatic carbocycles. The third kappa shape index (κ3) is 2.46. The molecule has 0 saturated heterocycles. The molecule has 2 aliphatic rings. The van der Waals surface area contributed by atoms with Crippen molar-refractivity contribution in [3.05, 3.63) is 53.1 Å². The van der Waals surface area contributed by atoms with Crippen LogP contribution < -0.4 is 18.9 Å². The Hall–Kier alpha value is -0.703. The van der Waals surface area contributed by atoms with E-state index in [2.05, 4.69) is 78.0 Å². The van der Waals surface area contributed by atoms with E-state index in [-0.39, 0.29) is 36.5 Å². The Balaban J connectivity index is 0.00000132. The summed E-state index contributed by atoms with van der Waals surface area (Å²) in [6.07, 6.45) is 7.28. The van der Waals surface area contributed by atoms with Crippen molar-refractivity contribution in [3.8, 4) is 0 Å². The monoisotopic (exact) mass is 288 g/mol. The molecule has 0 bridgehead atoms. The first-order valence-corrected chi connectivity index (χ1v) is 8.15. The van der Waals surface area contributed by atoms with Crippen molar-refractivity contribution >= 4 is 5.57 Å². The molecule has 0 aliphatic heterocycles. The molecule has 2 aliphatic carbocycles. The molecule has 0 heterocycles. The van der Waals surface area contributed by atoms with Crippen LogP contribution in [-0.4, -0.2) is 0 Å². The van der Waals surface area contributed by atoms with Crippen LogP contribution in [0.2, 0.25) is 0 Å². The van der Waals surface area contributed by atoms with Gasteiger partial charge in [0.2, 0.25) is 0 Å². The molecule has 0 amide bonds. The van der Waals surface area contributed by atoms with Gasteiger partial charge in [-0.15, -0.1) is 0 Å². The van der Waals surface area contributed by atoms with Gasteiger partial charge in [0.15, 0.2) is 0 Å². The van der Waals surface area contributed by atoms with E-state index in [0.29, 0.717) is 0 Å². The molecule has 1 heteroatoms. The SMILES string of the molecule is CC(C)(C)C1(C(C)(C)C)C=CC2=C(Cc3ccccc32)C1.[H-].[Li+]. The summed E-state index contributed by atoms with van der Waals surface area (Å²) < 4.78 is 0. The predicted octanol–water partition coefficient (Wildman–Crippen LogP) is 3.15. The van der Waals surface area contributed by atoms with E-state index < -0.39 is 0 Å². The van der Waals surface area contributed by atoms with Gasteiger partial charge < -0.3 is 1.43 Å². The Morgan fingerprint density at radius 1 is 0.955 bits per heavy atom. The van der Waals surface area contributed by atoms with E-state index in [4.69, 9.17) is 0 Å². The maximum absolute atomic E-state index is 2.52. The van der Waals surface area contributed by atoms with Crippen LogP contribution in [0, 0.1) is 16.2 Å². The molecular formula is C21H29Li. The summed E-state index contributed by atoms with van der Waals surface area (Å²) in [5, 5.41) is 0. The van der Waals surface area contributed by atoms with Crippen LogP contribution in [0.25, 0.3) is 5.57 Å². The van der Waals surface area contributed by atoms with Crippen LogP contribution in [0.4, 0.5) is 0 Å². The van der Waals surface area contributed by atoms with Gasteiger partial charge in [-0.2, -0.15) is 0 Å². The smallest absolute Gasteiger partial charge is 1.00 e. The molecule has 0 aromatic heterocycles. The first-order valence-electron chi connectivity index (χ1n) is 8.15. The molecule has 1 aromatic rings. The second-order valence-electron chi connectivity index (χ2n) is 8.83. The summed E-state index contributed by atoms with van der Waals surface area (Å²) in [6.45, 7) is 14.4. The standard InChI is InChI=1S/C21H28.Li.H/c1-19(2,3)21(20(4,5)6)12-11-18-16(14-21)13-15-9-7-8-10-17(15)18;;/h7-12H,13-14H2,1-6H3;;/q;+1;-1. The minimum atomic E-state index is 0. The van der Waals surface area contributed by atoms with Crippen LogP contribution >= 0.6 is 0 Å². The van der Waals surface area contributed by atoms with Gasteiger partial charge >= 0.3 is 18.9 Å². The van der Waals surface area contributed by atoms with Crippen LogP contribution in [0.1, 0.15) is 60.5 Å². The van der Waals surface area contributed by atoms with E-state index in [9.17, 15) is 0 Å². The fourth-order valence-electron chi connectivity index (χ4n) is 4.59. The molecule has 0 spiro atoms. The van der Waals surface area contributed by atoms with Crippen LogP contribution in [0.15, 0.2) is 42.0 Å². The molecule has 22 heavy (non-hydrogen) atoms. The number of rotatable bonds is 0. The Morgan fingerprint density at radius 3 is 2.14 bits per heavy atom. The molecule has 0 nitrogen and oxygen atoms in total. The second-order valence-corrected chi connectivity index (χ2v) is 8.83. The molecule has 3 rings (SSSR count). The summed E-state index contributed by atoms with van der Waals surface area (Å²) in [5.41, 5.74) is 6.84. The van der Waals surface area contributed by atoms with Gasteiger partial charge in [0.1, 0.15) is 0 Å². The summed E-state index contributed by atoms with van der Waals surface area (Å²) in [5.74, 6) is 0. The molecule has 0 atom stereocenters. The minimum Gasteiger partial charge on any atom is -1.00 e. The molecule has 114 valence electrons. The number of benzene rings is 1. The fraction of sp³-hybridized carbons (Fsp3) is 0.524. The fourth-order valence-corrected chi connectivity index (χ4v) is 4.59. The zero-order valence-corrected chi connectivity index (χ0v) is 15.4. The Labute approximate surface area is 149 Å². The van der Waals surface area contributed by atoms with Crippen molar-refractivity contribution in [1.82, 2.24) is 0 Å². The van der Waals surface area contributed by atoms with Gasteiger partial charge in [-0.1, -0.05) is 83.5 Å². The van der Waals surface area contributed by atoms with Crippen molar-refractivity contribution in [2.24, 2.45) is 16.2 Å². The van der Waals surface area contributed by atoms with Gasteiger partial charge in [-0.25, -0.2) is 0 Å². The summed E-state index contributed by atoms with van der Waals surface area (Å²) >= 11 is 0. The Bertz CT molecular complexity index is 625. The molecule has 0 saturated carbocycles. The third-order valence-electron chi connectivity index (χ3n) is 5.80. The first kappa shape index (κ1) is 17.6. The maximum Gasteiger partial charge on any atom is 1.00 e. The van der Waals surface area contributed by atoms with E-state index in [1.54, 1.807) is 5.57 Å². The average Bonchev–Trinajstić information content (AvgIpc) is 2.73. The average molecular weight is 288 g/mol. The van der Waals surface area contributed by atoms with E-state index >= 15 is 0 Å². The molecule has 0 fully saturated rings. The second kappa shape index (κ2) is 5.43. The maximum atomic E-state index is 2.52. The third-order valence-corrected chi connectivity index (χ3v) is 5.80. The summed E-state index contributed by atoms with van der Waals surface area (Å²) in [6, 6.07) is 8.90. The minimum absolute atomic E-state index is 0. The van der Waals surface area contributed by atoms with Gasteiger partial charge in [-0.05, 0) is 40.4 Å². The van der Waals surface area contributed by atoms with Crippen LogP contribution in [0.3, 0.4) is 0 Å². The van der Waals surface area contributed by atoms with Crippen LogP contribution in [-0.2, 0) is 6.42 Å². The quantitative estimate of drug-likeness (QED) is 0.643. The van der Waals surface area contributed by atoms with Crippen molar-refractivity contribution in [2.45, 2.75) is 54.4 Å². The van der Waals surface area contributed by atoms with Crippen molar-refractivity contribution in [1.29, 1.82) is 0 Å². The molecular weight excluding hydrogens is 259 g/mol. The zero-order valence-electron chi connectivity index (χ0n) is 16.4. The normalized spacial score (nSPS) is 19.5. The number of hydrogen-bond donors (Lipinski definition) is 0. The Kier molecular flexibility index (Phi) is 4.36. The zero-order chi connectivity index (χ0) is 15.5. The predicted molar refractivity (Wildman–Crippen MR) is 93.3 cm³/mol. The largest absolute Gasteiger partial charge is 1.00 e. The molecule has 0 unspecified atom stereocenters. The van der Waals surface area contributed by atoms with Crippen LogP contribution in [0.5, 0.6) is 0 Å². The number of allylic oxidation sites excluding steroid dienone is 4. The van der Waals surface area contributed by atoms with E-state index in [0.717, 1.165) is 6.42 Å². The van der Waals surface area contributed by atoms with E-state index in [1.807, 2.05) is 0 Å². The van der Waals surface area contributed by atoms with Crippen molar-refractivity contribution in [3.63, 3.8) is 0 Å². The first-order chi connectivity index (χ1) is 9.66. The summed E-state index contributed by atoms with van der Waals surface area (Å²) in [7, 11) is 0. The van der Waals surface area contributed by atoms with Gasteiger partial charge in [0, 0.05) is 5.41 Å². The van der Waals surface area contributed by atoms with Crippen molar-refractivity contribution in [2.75, 3.05) is 0 Å². The topological polar surface area (TPSA) is 0 Å². The Morgan fingerprint density at radius 2 is 1.55 bits per heavy atom. The summed E-state index contributed by atoms with van der Waals surface area (Å²) in [4.78, 5) is 0. The van der Waals surface area contributed by atoms with Gasteiger partial charge in [-0.3, -0.25) is 0 Å². The van der Waals surface area contributed by atoms with Gasteiger partial charge in [0.05, 0.1) is 0 Å². The number of hydrogen-bond acceptors (Lipinski definition) is 0. The van der Waals surface area contributed by atoms with Crippen molar-refractivity contribution < 1.29 is 20.3 Å².